The van der Waals surface area contributed by atoms with E-state index in [0.29, 0.717) is 18.1 Å². The quantitative estimate of drug-likeness (QED) is 0.572. The van der Waals surface area contributed by atoms with Crippen molar-refractivity contribution in [3.05, 3.63) is 64.8 Å². The van der Waals surface area contributed by atoms with Crippen LogP contribution in [0.3, 0.4) is 0 Å². The summed E-state index contributed by atoms with van der Waals surface area (Å²) in [5.74, 6) is 0.476. The molecule has 0 radical (unpaired) electrons. The molecule has 0 saturated carbocycles. The Morgan fingerprint density at radius 2 is 1.97 bits per heavy atom. The van der Waals surface area contributed by atoms with Crippen molar-refractivity contribution < 1.29 is 9.90 Å². The average Bonchev–Trinajstić information content (AvgIpc) is 3.14. The van der Waals surface area contributed by atoms with Gasteiger partial charge in [-0.1, -0.05) is 29.8 Å². The van der Waals surface area contributed by atoms with E-state index >= 15 is 0 Å². The van der Waals surface area contributed by atoms with Crippen molar-refractivity contribution in [2.45, 2.75) is 25.8 Å². The van der Waals surface area contributed by atoms with Crippen LogP contribution in [0.4, 0.5) is 0 Å². The lowest BCUT2D eigenvalue weighted by Crippen LogP contribution is -2.40. The summed E-state index contributed by atoms with van der Waals surface area (Å²) in [5, 5.41) is 15.0. The topological polar surface area (TPSA) is 68.4 Å². The first-order valence-corrected chi connectivity index (χ1v) is 10.5. The number of aromatic nitrogens is 1. The van der Waals surface area contributed by atoms with Crippen LogP contribution in [-0.4, -0.2) is 40.5 Å². The number of aromatic hydroxyl groups is 1. The molecule has 5 nitrogen and oxygen atoms in total. The van der Waals surface area contributed by atoms with Gasteiger partial charge < -0.3 is 15.4 Å². The third-order valence-corrected chi connectivity index (χ3v) is 6.00. The van der Waals surface area contributed by atoms with Gasteiger partial charge >= 0.3 is 0 Å². The van der Waals surface area contributed by atoms with Gasteiger partial charge in [0.2, 0.25) is 5.91 Å². The number of rotatable bonds is 6. The van der Waals surface area contributed by atoms with Crippen molar-refractivity contribution in [2.75, 3.05) is 19.6 Å². The number of nitrogens with zero attached hydrogens (tertiary/aromatic N) is 1. The summed E-state index contributed by atoms with van der Waals surface area (Å²) in [4.78, 5) is 18.1. The van der Waals surface area contributed by atoms with Gasteiger partial charge in [-0.05, 0) is 62.2 Å². The summed E-state index contributed by atoms with van der Waals surface area (Å²) in [6, 6.07) is 13.4. The van der Waals surface area contributed by atoms with Crippen molar-refractivity contribution in [3.8, 4) is 5.75 Å². The number of hydrogen-bond acceptors (Lipinski definition) is 3. The number of hydrogen-bond donors (Lipinski definition) is 3. The van der Waals surface area contributed by atoms with Crippen LogP contribution < -0.4 is 5.32 Å². The van der Waals surface area contributed by atoms with Gasteiger partial charge in [0.1, 0.15) is 5.75 Å². The summed E-state index contributed by atoms with van der Waals surface area (Å²) in [6.07, 6.45) is 4.52. The maximum Gasteiger partial charge on any atom is 0.223 e. The summed E-state index contributed by atoms with van der Waals surface area (Å²) >= 11 is 6.03. The summed E-state index contributed by atoms with van der Waals surface area (Å²) < 4.78 is 0. The maximum atomic E-state index is 12.6. The smallest absolute Gasteiger partial charge is 0.223 e. The molecule has 4 rings (SSSR count). The minimum absolute atomic E-state index is 0.0576. The van der Waals surface area contributed by atoms with Gasteiger partial charge in [0.15, 0.2) is 0 Å². The highest BCUT2D eigenvalue weighted by molar-refractivity contribution is 6.30. The number of para-hydroxylation sites is 1. The predicted octanol–water partition coefficient (Wildman–Crippen LogP) is 4.10. The lowest BCUT2D eigenvalue weighted by molar-refractivity contribution is -0.126. The van der Waals surface area contributed by atoms with E-state index in [1.807, 2.05) is 18.3 Å². The number of benzene rings is 2. The Hall–Kier alpha value is -2.50. The predicted molar refractivity (Wildman–Crippen MR) is 116 cm³/mol. The molecular formula is C23H26ClN3O2. The first-order valence-electron chi connectivity index (χ1n) is 10.1. The minimum atomic E-state index is 0.0576. The van der Waals surface area contributed by atoms with E-state index in [2.05, 4.69) is 27.3 Å². The summed E-state index contributed by atoms with van der Waals surface area (Å²) in [7, 11) is 0. The Morgan fingerprint density at radius 3 is 2.79 bits per heavy atom. The molecule has 1 saturated heterocycles. The van der Waals surface area contributed by atoms with E-state index in [1.54, 1.807) is 18.2 Å². The normalized spacial score (nSPS) is 15.6. The molecule has 6 heteroatoms. The van der Waals surface area contributed by atoms with Crippen molar-refractivity contribution in [1.29, 1.82) is 0 Å². The molecular weight excluding hydrogens is 386 g/mol. The van der Waals surface area contributed by atoms with E-state index in [1.165, 1.54) is 10.9 Å². The number of H-pyrrole nitrogens is 1. The van der Waals surface area contributed by atoms with Gasteiger partial charge in [-0.15, -0.1) is 0 Å². The number of fused-ring (bicyclic) bond motifs is 1. The second kappa shape index (κ2) is 8.89. The number of carbonyl (C=O) groups excluding carboxylic acids is 1. The Bertz CT molecular complexity index is 993. The summed E-state index contributed by atoms with van der Waals surface area (Å²) in [5.41, 5.74) is 3.20. The molecule has 1 aliphatic rings. The molecule has 0 atom stereocenters. The number of likely N-dealkylation sites (tertiary alicyclic amines) is 1. The van der Waals surface area contributed by atoms with Crippen LogP contribution in [0.15, 0.2) is 48.7 Å². The van der Waals surface area contributed by atoms with E-state index in [9.17, 15) is 9.90 Å². The Morgan fingerprint density at radius 1 is 1.17 bits per heavy atom. The fourth-order valence-corrected chi connectivity index (χ4v) is 4.27. The fourth-order valence-electron chi connectivity index (χ4n) is 4.08. The van der Waals surface area contributed by atoms with Crippen molar-refractivity contribution >= 4 is 28.4 Å². The fraction of sp³-hybridized carbons (Fsp3) is 0.348. The van der Waals surface area contributed by atoms with Crippen molar-refractivity contribution in [1.82, 2.24) is 15.2 Å². The first kappa shape index (κ1) is 19.8. The highest BCUT2D eigenvalue weighted by Gasteiger charge is 2.25. The second-order valence-electron chi connectivity index (χ2n) is 7.72. The molecule has 0 unspecified atom stereocenters. The van der Waals surface area contributed by atoms with Crippen molar-refractivity contribution in [3.63, 3.8) is 0 Å². The lowest BCUT2D eigenvalue weighted by Gasteiger charge is -2.31. The van der Waals surface area contributed by atoms with E-state index in [0.717, 1.165) is 43.4 Å². The van der Waals surface area contributed by atoms with E-state index < -0.39 is 0 Å². The third-order valence-electron chi connectivity index (χ3n) is 5.76. The molecule has 152 valence electrons. The third kappa shape index (κ3) is 4.74. The van der Waals surface area contributed by atoms with Gasteiger partial charge in [0.05, 0.1) is 0 Å². The molecule has 3 N–H and O–H groups in total. The largest absolute Gasteiger partial charge is 0.508 e. The summed E-state index contributed by atoms with van der Waals surface area (Å²) in [6.45, 7) is 2.98. The number of piperidine rings is 1. The molecule has 3 aromatic rings. The Kier molecular flexibility index (Phi) is 6.07. The van der Waals surface area contributed by atoms with E-state index in [4.69, 9.17) is 11.6 Å². The van der Waals surface area contributed by atoms with E-state index in [-0.39, 0.29) is 17.6 Å². The number of phenolic OH excluding ortho intramolecular Hbond substituents is 1. The Labute approximate surface area is 175 Å². The van der Waals surface area contributed by atoms with Crippen LogP contribution in [0.25, 0.3) is 10.9 Å². The van der Waals surface area contributed by atoms with Crippen LogP contribution in [0.5, 0.6) is 5.75 Å². The second-order valence-corrected chi connectivity index (χ2v) is 8.16. The molecule has 0 bridgehead atoms. The molecule has 0 spiro atoms. The van der Waals surface area contributed by atoms with Crippen LogP contribution >= 0.6 is 11.6 Å². The van der Waals surface area contributed by atoms with Gasteiger partial charge in [0, 0.05) is 46.7 Å². The highest BCUT2D eigenvalue weighted by Crippen LogP contribution is 2.25. The molecule has 0 aliphatic carbocycles. The molecule has 29 heavy (non-hydrogen) atoms. The van der Waals surface area contributed by atoms with Crippen LogP contribution in [0, 0.1) is 5.92 Å². The van der Waals surface area contributed by atoms with Gasteiger partial charge in [-0.25, -0.2) is 0 Å². The minimum Gasteiger partial charge on any atom is -0.508 e. The molecule has 2 aromatic carbocycles. The zero-order valence-electron chi connectivity index (χ0n) is 16.3. The molecule has 1 fully saturated rings. The van der Waals surface area contributed by atoms with Crippen LogP contribution in [0.2, 0.25) is 5.02 Å². The zero-order valence-corrected chi connectivity index (χ0v) is 17.1. The van der Waals surface area contributed by atoms with Crippen molar-refractivity contribution in [2.24, 2.45) is 5.92 Å². The molecule has 2 heterocycles. The monoisotopic (exact) mass is 411 g/mol. The molecule has 1 amide bonds. The molecule has 1 aliphatic heterocycles. The number of halogens is 1. The van der Waals surface area contributed by atoms with Gasteiger partial charge in [-0.2, -0.15) is 0 Å². The average molecular weight is 412 g/mol. The maximum absolute atomic E-state index is 12.6. The van der Waals surface area contributed by atoms with Gasteiger partial charge in [-0.3, -0.25) is 9.69 Å². The highest BCUT2D eigenvalue weighted by atomic mass is 35.5. The first-order chi connectivity index (χ1) is 14.1. The van der Waals surface area contributed by atoms with Crippen LogP contribution in [0.1, 0.15) is 24.0 Å². The van der Waals surface area contributed by atoms with Gasteiger partial charge in [0.25, 0.3) is 0 Å². The van der Waals surface area contributed by atoms with Crippen LogP contribution in [-0.2, 0) is 17.8 Å². The lowest BCUT2D eigenvalue weighted by atomic mass is 9.95. The SMILES string of the molecule is O=C(NCCc1c[nH]c2ccccc12)C1CCN(Cc2cc(Cl)ccc2O)CC1. The number of nitrogens with one attached hydrogen (secondary N) is 2. The number of aromatic amines is 1. The standard InChI is InChI=1S/C23H26ClN3O2/c24-19-5-6-22(28)18(13-19)15-27-11-8-16(9-12-27)23(29)25-10-7-17-14-26-21-4-2-1-3-20(17)21/h1-6,13-14,16,26,28H,7-12,15H2,(H,25,29). The number of carbonyl (C=O) groups is 1. The molecule has 1 aromatic heterocycles. The zero-order chi connectivity index (χ0) is 20.2. The Balaban J connectivity index is 1.23. The number of phenols is 1. The number of amides is 1.